The SMILES string of the molecule is COC(C)(C)O[C@@]1(C2(C)C(/N=C\N(C)C)=NC=NN2C)C(O)[C@H]1O. The van der Waals surface area contributed by atoms with E-state index in [1.54, 1.807) is 44.1 Å². The average molecular weight is 341 g/mol. The van der Waals surface area contributed by atoms with Gasteiger partial charge in [0.25, 0.3) is 0 Å². The smallest absolute Gasteiger partial charge is 0.163 e. The van der Waals surface area contributed by atoms with E-state index in [-0.39, 0.29) is 0 Å². The predicted octanol–water partition coefficient (Wildman–Crippen LogP) is -0.504. The number of hydrazone groups is 1. The van der Waals surface area contributed by atoms with Gasteiger partial charge in [-0.2, -0.15) is 5.10 Å². The number of hydrogen-bond donors (Lipinski definition) is 2. The minimum Gasteiger partial charge on any atom is -0.387 e. The largest absolute Gasteiger partial charge is 0.387 e. The highest BCUT2D eigenvalue weighted by atomic mass is 16.7. The van der Waals surface area contributed by atoms with E-state index in [0.29, 0.717) is 5.84 Å². The van der Waals surface area contributed by atoms with Crippen LogP contribution in [0.2, 0.25) is 0 Å². The summed E-state index contributed by atoms with van der Waals surface area (Å²) in [5.74, 6) is -0.656. The summed E-state index contributed by atoms with van der Waals surface area (Å²) in [5, 5.41) is 26.6. The van der Waals surface area contributed by atoms with E-state index in [9.17, 15) is 10.2 Å². The molecule has 1 saturated carbocycles. The molecule has 1 heterocycles. The van der Waals surface area contributed by atoms with Crippen LogP contribution in [0.3, 0.4) is 0 Å². The van der Waals surface area contributed by atoms with Gasteiger partial charge in [0.15, 0.2) is 17.2 Å². The summed E-state index contributed by atoms with van der Waals surface area (Å²) in [7, 11) is 6.89. The average Bonchev–Trinajstić information content (AvgIpc) is 3.02. The van der Waals surface area contributed by atoms with Crippen molar-refractivity contribution in [3.63, 3.8) is 0 Å². The van der Waals surface area contributed by atoms with E-state index in [1.165, 1.54) is 13.4 Å². The van der Waals surface area contributed by atoms with Crippen LogP contribution in [-0.4, -0.2) is 96.0 Å². The van der Waals surface area contributed by atoms with Crippen molar-refractivity contribution >= 4 is 18.5 Å². The Morgan fingerprint density at radius 3 is 2.42 bits per heavy atom. The monoisotopic (exact) mass is 341 g/mol. The van der Waals surface area contributed by atoms with Gasteiger partial charge in [-0.05, 0) is 20.8 Å². The molecule has 0 spiro atoms. The summed E-state index contributed by atoms with van der Waals surface area (Å²) < 4.78 is 11.4. The summed E-state index contributed by atoms with van der Waals surface area (Å²) in [5.41, 5.74) is -2.47. The van der Waals surface area contributed by atoms with Crippen LogP contribution in [0.1, 0.15) is 20.8 Å². The molecule has 0 aromatic rings. The van der Waals surface area contributed by atoms with Gasteiger partial charge in [0.1, 0.15) is 24.1 Å². The Hall–Kier alpha value is -1.55. The third-order valence-electron chi connectivity index (χ3n) is 4.63. The lowest BCUT2D eigenvalue weighted by molar-refractivity contribution is -0.262. The highest BCUT2D eigenvalue weighted by Gasteiger charge is 2.79. The molecule has 0 aromatic carbocycles. The third kappa shape index (κ3) is 2.71. The molecule has 9 heteroatoms. The molecule has 1 aliphatic heterocycles. The molecule has 1 aliphatic carbocycles. The maximum atomic E-state index is 10.4. The lowest BCUT2D eigenvalue weighted by Gasteiger charge is -2.46. The second kappa shape index (κ2) is 6.07. The van der Waals surface area contributed by atoms with Gasteiger partial charge in [-0.15, -0.1) is 0 Å². The minimum atomic E-state index is -1.37. The Bertz CT molecular complexity index is 566. The first kappa shape index (κ1) is 18.8. The molecule has 1 fully saturated rings. The van der Waals surface area contributed by atoms with Crippen LogP contribution in [0.4, 0.5) is 0 Å². The maximum absolute atomic E-state index is 10.4. The van der Waals surface area contributed by atoms with Crippen molar-refractivity contribution in [2.45, 2.75) is 49.9 Å². The van der Waals surface area contributed by atoms with Gasteiger partial charge in [-0.25, -0.2) is 9.98 Å². The fraction of sp³-hybridized carbons (Fsp3) is 0.800. The molecule has 4 atom stereocenters. The van der Waals surface area contributed by atoms with Crippen molar-refractivity contribution in [2.24, 2.45) is 15.1 Å². The lowest BCUT2D eigenvalue weighted by atomic mass is 9.88. The van der Waals surface area contributed by atoms with E-state index < -0.39 is 29.1 Å². The highest BCUT2D eigenvalue weighted by molar-refractivity contribution is 6.02. The molecule has 136 valence electrons. The zero-order valence-electron chi connectivity index (χ0n) is 15.3. The number of aliphatic hydroxyl groups excluding tert-OH is 2. The van der Waals surface area contributed by atoms with Crippen LogP contribution < -0.4 is 0 Å². The zero-order chi connectivity index (χ0) is 18.3. The van der Waals surface area contributed by atoms with Crippen LogP contribution in [0.5, 0.6) is 0 Å². The third-order valence-corrected chi connectivity index (χ3v) is 4.63. The molecule has 0 amide bonds. The summed E-state index contributed by atoms with van der Waals surface area (Å²) in [6.45, 7) is 5.20. The number of hydrogen-bond acceptors (Lipinski definition) is 8. The predicted molar refractivity (Wildman–Crippen MR) is 91.2 cm³/mol. The van der Waals surface area contributed by atoms with Crippen molar-refractivity contribution in [3.05, 3.63) is 0 Å². The van der Waals surface area contributed by atoms with Gasteiger partial charge in [-0.1, -0.05) is 0 Å². The summed E-state index contributed by atoms with van der Waals surface area (Å²) >= 11 is 0. The normalized spacial score (nSPS) is 36.2. The summed E-state index contributed by atoms with van der Waals surface area (Å²) in [6.07, 6.45) is 0.737. The number of rotatable bonds is 5. The number of methoxy groups -OCH3 is 1. The van der Waals surface area contributed by atoms with E-state index in [0.717, 1.165) is 0 Å². The van der Waals surface area contributed by atoms with Gasteiger partial charge in [0.2, 0.25) is 0 Å². The van der Waals surface area contributed by atoms with Crippen molar-refractivity contribution in [3.8, 4) is 0 Å². The highest BCUT2D eigenvalue weighted by Crippen LogP contribution is 2.54. The van der Waals surface area contributed by atoms with Crippen LogP contribution >= 0.6 is 0 Å². The summed E-state index contributed by atoms with van der Waals surface area (Å²) in [4.78, 5) is 10.4. The van der Waals surface area contributed by atoms with Crippen molar-refractivity contribution in [2.75, 3.05) is 28.3 Å². The van der Waals surface area contributed by atoms with E-state index in [1.807, 2.05) is 14.1 Å². The molecule has 2 N–H and O–H groups in total. The maximum Gasteiger partial charge on any atom is 0.163 e. The number of amidine groups is 1. The van der Waals surface area contributed by atoms with Gasteiger partial charge in [0, 0.05) is 28.3 Å². The van der Waals surface area contributed by atoms with Gasteiger partial charge in [0.05, 0.1) is 6.34 Å². The van der Waals surface area contributed by atoms with Gasteiger partial charge >= 0.3 is 0 Å². The Balaban J connectivity index is 2.50. The van der Waals surface area contributed by atoms with E-state index in [4.69, 9.17) is 9.47 Å². The first-order valence-electron chi connectivity index (χ1n) is 7.69. The Morgan fingerprint density at radius 2 is 1.96 bits per heavy atom. The first-order valence-corrected chi connectivity index (χ1v) is 7.69. The lowest BCUT2D eigenvalue weighted by Crippen LogP contribution is -2.64. The second-order valence-corrected chi connectivity index (χ2v) is 6.88. The van der Waals surface area contributed by atoms with Crippen LogP contribution in [0.15, 0.2) is 15.1 Å². The number of aliphatic hydroxyl groups is 2. The molecule has 0 bridgehead atoms. The topological polar surface area (TPSA) is 102 Å². The van der Waals surface area contributed by atoms with E-state index in [2.05, 4.69) is 15.1 Å². The summed E-state index contributed by atoms with van der Waals surface area (Å²) in [6, 6.07) is 0. The molecule has 0 saturated heterocycles. The van der Waals surface area contributed by atoms with Gasteiger partial charge in [-0.3, -0.25) is 5.01 Å². The van der Waals surface area contributed by atoms with Crippen molar-refractivity contribution in [1.29, 1.82) is 0 Å². The molecular formula is C15H27N5O4. The van der Waals surface area contributed by atoms with Crippen LogP contribution in [-0.2, 0) is 9.47 Å². The second-order valence-electron chi connectivity index (χ2n) is 6.88. The fourth-order valence-corrected chi connectivity index (χ4v) is 2.88. The number of likely N-dealkylation sites (N-methyl/N-ethyl adjacent to an activating group) is 1. The fourth-order valence-electron chi connectivity index (χ4n) is 2.88. The minimum absolute atomic E-state index is 0.371. The molecule has 2 rings (SSSR count). The molecule has 0 radical (unpaired) electrons. The molecule has 2 aliphatic rings. The van der Waals surface area contributed by atoms with Crippen molar-refractivity contribution < 1.29 is 19.7 Å². The Kier molecular flexibility index (Phi) is 4.75. The van der Waals surface area contributed by atoms with Crippen molar-refractivity contribution in [1.82, 2.24) is 9.91 Å². The van der Waals surface area contributed by atoms with Crippen LogP contribution in [0, 0.1) is 0 Å². The molecule has 24 heavy (non-hydrogen) atoms. The number of ether oxygens (including phenoxy) is 2. The molecule has 2 unspecified atom stereocenters. The first-order chi connectivity index (χ1) is 11.0. The van der Waals surface area contributed by atoms with Gasteiger partial charge < -0.3 is 24.6 Å². The zero-order valence-corrected chi connectivity index (χ0v) is 15.3. The molecule has 9 nitrogen and oxygen atoms in total. The molecular weight excluding hydrogens is 314 g/mol. The Labute approximate surface area is 142 Å². The standard InChI is InChI=1S/C15H27N5O4/c1-13(2,23-7)24-15(10(21)11(15)22)14(3)12(17-9-19(4)5)16-8-18-20(14)6/h8-11,21-22H,1-7H3/b17-9-/t10-,11?,14?,15-/m1/s1. The molecule has 0 aromatic heterocycles. The van der Waals surface area contributed by atoms with Crippen LogP contribution in [0.25, 0.3) is 0 Å². The number of aliphatic imine (C=N–C) groups is 2. The Morgan fingerprint density at radius 1 is 1.38 bits per heavy atom. The number of nitrogens with zero attached hydrogens (tertiary/aromatic N) is 5. The quantitative estimate of drug-likeness (QED) is 0.397. The van der Waals surface area contributed by atoms with E-state index >= 15 is 0 Å².